The molecule has 2 heteroatoms. The standard InChI is InChI=1S/C9H15O.Li/c1-4-5-9(7-10)6-8(2)3;/h10H,1-7H2;/q-3;+1. The third-order valence-electron chi connectivity index (χ3n) is 1.25. The number of aliphatic hydroxyl groups excluding tert-OH is 1. The van der Waals surface area contributed by atoms with E-state index >= 15 is 0 Å². The fourth-order valence-corrected chi connectivity index (χ4v) is 0.827. The summed E-state index contributed by atoms with van der Waals surface area (Å²) in [4.78, 5) is 0. The summed E-state index contributed by atoms with van der Waals surface area (Å²) >= 11 is 0. The molecule has 0 aromatic carbocycles. The molecule has 0 saturated heterocycles. The van der Waals surface area contributed by atoms with Crippen LogP contribution in [0.25, 0.3) is 0 Å². The molecule has 0 radical (unpaired) electrons. The molecular weight excluding hydrogens is 131 g/mol. The first-order valence-corrected chi connectivity index (χ1v) is 3.44. The summed E-state index contributed by atoms with van der Waals surface area (Å²) in [5.41, 5.74) is 0.859. The van der Waals surface area contributed by atoms with E-state index in [9.17, 15) is 0 Å². The van der Waals surface area contributed by atoms with Crippen molar-refractivity contribution >= 4 is 0 Å². The van der Waals surface area contributed by atoms with E-state index in [0.717, 1.165) is 30.8 Å². The maximum absolute atomic E-state index is 8.77. The molecule has 0 saturated carbocycles. The molecular formula is C9H15LiO-2. The van der Waals surface area contributed by atoms with Gasteiger partial charge in [-0.15, -0.1) is 0 Å². The molecule has 1 N–H and O–H groups in total. The van der Waals surface area contributed by atoms with Gasteiger partial charge < -0.3 is 12.0 Å². The van der Waals surface area contributed by atoms with E-state index in [0.29, 0.717) is 0 Å². The Bertz CT molecular complexity index is 102. The first kappa shape index (κ1) is 13.7. The van der Waals surface area contributed by atoms with E-state index in [1.165, 1.54) is 0 Å². The summed E-state index contributed by atoms with van der Waals surface area (Å²) in [7, 11) is 0. The van der Waals surface area contributed by atoms with Crippen LogP contribution in [0.1, 0.15) is 19.3 Å². The van der Waals surface area contributed by atoms with Gasteiger partial charge in [-0.25, -0.2) is 26.3 Å². The fraction of sp³-hybridized carbons (Fsp3) is 0.444. The van der Waals surface area contributed by atoms with Crippen molar-refractivity contribution in [2.75, 3.05) is 6.61 Å². The Kier molecular flexibility index (Phi) is 10.3. The topological polar surface area (TPSA) is 20.2 Å². The molecule has 0 amide bonds. The average Bonchev–Trinajstić information content (AvgIpc) is 1.86. The van der Waals surface area contributed by atoms with E-state index in [4.69, 9.17) is 5.11 Å². The number of aliphatic hydroxyl groups is 1. The molecule has 0 aliphatic rings. The van der Waals surface area contributed by atoms with Crippen molar-refractivity contribution in [3.8, 4) is 0 Å². The second kappa shape index (κ2) is 8.27. The molecule has 0 aromatic heterocycles. The molecule has 0 unspecified atom stereocenters. The van der Waals surface area contributed by atoms with Gasteiger partial charge in [0, 0.05) is 0 Å². The predicted octanol–water partition coefficient (Wildman–Crippen LogP) is -1.05. The Morgan fingerprint density at radius 2 is 2.09 bits per heavy atom. The van der Waals surface area contributed by atoms with Crippen molar-refractivity contribution in [1.82, 2.24) is 0 Å². The van der Waals surface area contributed by atoms with Gasteiger partial charge in [0.05, 0.1) is 0 Å². The van der Waals surface area contributed by atoms with Crippen LogP contribution in [0.15, 0.2) is 12.2 Å². The third kappa shape index (κ3) is 8.07. The van der Waals surface area contributed by atoms with E-state index in [1.54, 1.807) is 0 Å². The molecule has 0 atom stereocenters. The van der Waals surface area contributed by atoms with Gasteiger partial charge >= 0.3 is 18.9 Å². The monoisotopic (exact) mass is 146 g/mol. The number of hydrogen-bond acceptors (Lipinski definition) is 1. The maximum Gasteiger partial charge on any atom is 1.00 e. The van der Waals surface area contributed by atoms with E-state index in [-0.39, 0.29) is 25.5 Å². The maximum atomic E-state index is 8.77. The zero-order chi connectivity index (χ0) is 7.98. The summed E-state index contributed by atoms with van der Waals surface area (Å²) in [6, 6.07) is 0. The van der Waals surface area contributed by atoms with E-state index < -0.39 is 0 Å². The number of rotatable bonds is 5. The Balaban J connectivity index is 0. The summed E-state index contributed by atoms with van der Waals surface area (Å²) in [5.74, 6) is 1.08. The van der Waals surface area contributed by atoms with Crippen molar-refractivity contribution in [2.24, 2.45) is 0 Å². The quantitative estimate of drug-likeness (QED) is 0.387. The van der Waals surface area contributed by atoms with Crippen LogP contribution in [-0.4, -0.2) is 11.7 Å². The molecule has 1 nitrogen and oxygen atoms in total. The van der Waals surface area contributed by atoms with Crippen LogP contribution < -0.4 is 18.9 Å². The molecule has 60 valence electrons. The van der Waals surface area contributed by atoms with Gasteiger partial charge in [-0.1, -0.05) is 6.61 Å². The third-order valence-corrected chi connectivity index (χ3v) is 1.25. The van der Waals surface area contributed by atoms with Crippen LogP contribution in [0, 0.1) is 19.8 Å². The largest absolute Gasteiger partial charge is 1.00 e. The van der Waals surface area contributed by atoms with E-state index in [1.807, 2.05) is 0 Å². The van der Waals surface area contributed by atoms with Crippen LogP contribution in [0.3, 0.4) is 0 Å². The molecule has 0 aliphatic heterocycles. The Hall–Kier alpha value is 0.167. The molecule has 0 rings (SSSR count). The van der Waals surface area contributed by atoms with Gasteiger partial charge in [-0.05, 0) is 0 Å². The minimum absolute atomic E-state index is 0. The molecule has 0 aromatic rings. The van der Waals surface area contributed by atoms with Crippen molar-refractivity contribution in [3.63, 3.8) is 0 Å². The molecule has 11 heavy (non-hydrogen) atoms. The first-order valence-electron chi connectivity index (χ1n) is 3.44. The Morgan fingerprint density at radius 3 is 2.36 bits per heavy atom. The van der Waals surface area contributed by atoms with Gasteiger partial charge in [-0.3, -0.25) is 11.5 Å². The van der Waals surface area contributed by atoms with Gasteiger partial charge in [0.25, 0.3) is 0 Å². The zero-order valence-corrected chi connectivity index (χ0v) is 7.40. The average molecular weight is 146 g/mol. The SMILES string of the molecule is C=C([CH2-])C[C-](CO)CC[CH2-].[Li+]. The summed E-state index contributed by atoms with van der Waals surface area (Å²) in [6.07, 6.45) is 2.46. The molecule has 0 heterocycles. The van der Waals surface area contributed by atoms with Gasteiger partial charge in [0.15, 0.2) is 0 Å². The first-order chi connectivity index (χ1) is 4.70. The summed E-state index contributed by atoms with van der Waals surface area (Å²) < 4.78 is 0. The smallest absolute Gasteiger partial charge is 0.428 e. The van der Waals surface area contributed by atoms with Crippen LogP contribution in [0.2, 0.25) is 0 Å². The van der Waals surface area contributed by atoms with E-state index in [2.05, 4.69) is 20.4 Å². The van der Waals surface area contributed by atoms with Gasteiger partial charge in [0.2, 0.25) is 0 Å². The molecule has 0 spiro atoms. The van der Waals surface area contributed by atoms with Crippen molar-refractivity contribution < 1.29 is 24.0 Å². The zero-order valence-electron chi connectivity index (χ0n) is 7.40. The van der Waals surface area contributed by atoms with Crippen molar-refractivity contribution in [2.45, 2.75) is 19.3 Å². The number of hydrogen-bond donors (Lipinski definition) is 1. The summed E-state index contributed by atoms with van der Waals surface area (Å²) in [6.45, 7) is 11.2. The second-order valence-corrected chi connectivity index (χ2v) is 2.44. The fourth-order valence-electron chi connectivity index (χ4n) is 0.827. The molecule has 0 bridgehead atoms. The predicted molar refractivity (Wildman–Crippen MR) is 44.0 cm³/mol. The number of allylic oxidation sites excluding steroid dienone is 1. The van der Waals surface area contributed by atoms with Crippen LogP contribution in [0.5, 0.6) is 0 Å². The van der Waals surface area contributed by atoms with Crippen molar-refractivity contribution in [1.29, 1.82) is 0 Å². The van der Waals surface area contributed by atoms with Crippen LogP contribution >= 0.6 is 0 Å². The minimum Gasteiger partial charge on any atom is -0.428 e. The Morgan fingerprint density at radius 1 is 1.55 bits per heavy atom. The van der Waals surface area contributed by atoms with Crippen LogP contribution in [0.4, 0.5) is 0 Å². The second-order valence-electron chi connectivity index (χ2n) is 2.44. The van der Waals surface area contributed by atoms with Gasteiger partial charge in [0.1, 0.15) is 0 Å². The normalized spacial score (nSPS) is 9.36. The summed E-state index contributed by atoms with van der Waals surface area (Å²) in [5, 5.41) is 8.77. The van der Waals surface area contributed by atoms with Crippen LogP contribution in [-0.2, 0) is 0 Å². The van der Waals surface area contributed by atoms with Crippen molar-refractivity contribution in [3.05, 3.63) is 31.9 Å². The Labute approximate surface area is 82.1 Å². The van der Waals surface area contributed by atoms with Gasteiger partial charge in [-0.2, -0.15) is 6.42 Å². The molecule has 0 fully saturated rings. The molecule has 0 aliphatic carbocycles. The minimum atomic E-state index is 0.